The van der Waals surface area contributed by atoms with Gasteiger partial charge in [0, 0.05) is 30.7 Å². The zero-order valence-corrected chi connectivity index (χ0v) is 15.3. The van der Waals surface area contributed by atoms with Gasteiger partial charge in [0.25, 0.3) is 5.91 Å². The highest BCUT2D eigenvalue weighted by Gasteiger charge is 2.17. The molecular weight excluding hydrogens is 366 g/mol. The van der Waals surface area contributed by atoms with E-state index in [1.807, 2.05) is 13.0 Å². The molecule has 0 aliphatic carbocycles. The fraction of sp³-hybridized carbons (Fsp3) is 0.222. The van der Waals surface area contributed by atoms with E-state index in [0.717, 1.165) is 11.6 Å². The summed E-state index contributed by atoms with van der Waals surface area (Å²) in [5.74, 6) is -1.52. The van der Waals surface area contributed by atoms with Crippen molar-refractivity contribution in [3.63, 3.8) is 0 Å². The Kier molecular flexibility index (Phi) is 6.39. The van der Waals surface area contributed by atoms with Crippen LogP contribution in [0, 0.1) is 12.7 Å². The molecule has 2 aromatic rings. The summed E-state index contributed by atoms with van der Waals surface area (Å²) in [5.41, 5.74) is 1.33. The summed E-state index contributed by atoms with van der Waals surface area (Å²) in [6.45, 7) is 3.64. The number of carbonyl (C=O) groups excluding carboxylic acids is 2. The quantitative estimate of drug-likeness (QED) is 0.841. The zero-order valence-electron chi connectivity index (χ0n) is 13.8. The Morgan fingerprint density at radius 1 is 1.20 bits per heavy atom. The van der Waals surface area contributed by atoms with E-state index in [1.165, 1.54) is 24.0 Å². The van der Waals surface area contributed by atoms with Gasteiger partial charge in [-0.05, 0) is 36.8 Å². The van der Waals surface area contributed by atoms with Crippen molar-refractivity contribution in [1.29, 1.82) is 0 Å². The van der Waals surface area contributed by atoms with Gasteiger partial charge in [-0.3, -0.25) is 9.59 Å². The first kappa shape index (κ1) is 19.2. The van der Waals surface area contributed by atoms with E-state index in [2.05, 4.69) is 5.32 Å². The van der Waals surface area contributed by atoms with E-state index in [-0.39, 0.29) is 29.6 Å². The van der Waals surface area contributed by atoms with Crippen LogP contribution in [-0.2, 0) is 4.79 Å². The van der Waals surface area contributed by atoms with Crippen LogP contribution in [0.3, 0.4) is 0 Å². The summed E-state index contributed by atoms with van der Waals surface area (Å²) in [4.78, 5) is 25.6. The first-order valence-electron chi connectivity index (χ1n) is 7.57. The van der Waals surface area contributed by atoms with Gasteiger partial charge in [0.05, 0.1) is 10.6 Å². The summed E-state index contributed by atoms with van der Waals surface area (Å²) in [6.07, 6.45) is 0. The number of nitrogens with one attached hydrogen (secondary N) is 1. The Balaban J connectivity index is 2.09. The van der Waals surface area contributed by atoms with E-state index in [0.29, 0.717) is 10.7 Å². The molecule has 2 rings (SSSR count). The molecule has 0 saturated carbocycles. The Morgan fingerprint density at radius 2 is 1.92 bits per heavy atom. The van der Waals surface area contributed by atoms with Crippen LogP contribution in [0.4, 0.5) is 10.1 Å². The lowest BCUT2D eigenvalue weighted by atomic mass is 10.1. The van der Waals surface area contributed by atoms with Gasteiger partial charge in [0.2, 0.25) is 5.91 Å². The number of halogens is 3. The van der Waals surface area contributed by atoms with Gasteiger partial charge in [-0.2, -0.15) is 0 Å². The SMILES string of the molecule is CC(=O)N(CCNC(=O)c1c(F)cccc1Cl)c1cc(Cl)ccc1C. The van der Waals surface area contributed by atoms with Crippen molar-refractivity contribution in [2.45, 2.75) is 13.8 Å². The molecule has 0 fully saturated rings. The molecule has 0 radical (unpaired) electrons. The van der Waals surface area contributed by atoms with Crippen LogP contribution in [0.5, 0.6) is 0 Å². The Labute approximate surface area is 155 Å². The molecule has 1 N–H and O–H groups in total. The van der Waals surface area contributed by atoms with Crippen molar-refractivity contribution in [3.05, 3.63) is 63.4 Å². The van der Waals surface area contributed by atoms with Crippen LogP contribution in [0.15, 0.2) is 36.4 Å². The maximum atomic E-state index is 13.8. The first-order chi connectivity index (χ1) is 11.8. The predicted octanol–water partition coefficient (Wildman–Crippen LogP) is 4.22. The average molecular weight is 383 g/mol. The molecule has 25 heavy (non-hydrogen) atoms. The first-order valence-corrected chi connectivity index (χ1v) is 8.33. The van der Waals surface area contributed by atoms with Crippen molar-refractivity contribution in [2.75, 3.05) is 18.0 Å². The second-order valence-corrected chi connectivity index (χ2v) is 6.30. The molecule has 4 nitrogen and oxygen atoms in total. The molecule has 2 amide bonds. The molecule has 0 aliphatic heterocycles. The van der Waals surface area contributed by atoms with Gasteiger partial charge in [-0.1, -0.05) is 35.3 Å². The smallest absolute Gasteiger partial charge is 0.255 e. The minimum absolute atomic E-state index is 0.0339. The highest BCUT2D eigenvalue weighted by Crippen LogP contribution is 2.24. The van der Waals surface area contributed by atoms with Crippen LogP contribution in [0.1, 0.15) is 22.8 Å². The minimum Gasteiger partial charge on any atom is -0.350 e. The largest absolute Gasteiger partial charge is 0.350 e. The molecule has 0 heterocycles. The number of anilines is 1. The molecule has 0 atom stereocenters. The third-order valence-electron chi connectivity index (χ3n) is 3.65. The summed E-state index contributed by atoms with van der Waals surface area (Å²) >= 11 is 11.9. The van der Waals surface area contributed by atoms with Gasteiger partial charge >= 0.3 is 0 Å². The fourth-order valence-electron chi connectivity index (χ4n) is 2.41. The van der Waals surface area contributed by atoms with Gasteiger partial charge < -0.3 is 10.2 Å². The number of benzene rings is 2. The summed E-state index contributed by atoms with van der Waals surface area (Å²) in [7, 11) is 0. The Bertz CT molecular complexity index is 791. The molecule has 2 aromatic carbocycles. The van der Waals surface area contributed by atoms with Gasteiger partial charge in [-0.25, -0.2) is 4.39 Å². The van der Waals surface area contributed by atoms with E-state index in [1.54, 1.807) is 12.1 Å². The van der Waals surface area contributed by atoms with E-state index >= 15 is 0 Å². The lowest BCUT2D eigenvalue weighted by Gasteiger charge is -2.23. The van der Waals surface area contributed by atoms with Crippen LogP contribution in [0.2, 0.25) is 10.0 Å². The zero-order chi connectivity index (χ0) is 18.6. The predicted molar refractivity (Wildman–Crippen MR) is 98.0 cm³/mol. The molecule has 132 valence electrons. The minimum atomic E-state index is -0.695. The third-order valence-corrected chi connectivity index (χ3v) is 4.20. The number of hydrogen-bond acceptors (Lipinski definition) is 2. The van der Waals surface area contributed by atoms with Crippen molar-refractivity contribution < 1.29 is 14.0 Å². The Hall–Kier alpha value is -2.11. The number of aryl methyl sites for hydroxylation is 1. The molecule has 0 saturated heterocycles. The lowest BCUT2D eigenvalue weighted by molar-refractivity contribution is -0.116. The average Bonchev–Trinajstić information content (AvgIpc) is 2.53. The number of nitrogens with zero attached hydrogens (tertiary/aromatic N) is 1. The normalized spacial score (nSPS) is 10.4. The fourth-order valence-corrected chi connectivity index (χ4v) is 2.82. The molecule has 7 heteroatoms. The Morgan fingerprint density at radius 3 is 2.56 bits per heavy atom. The highest BCUT2D eigenvalue weighted by molar-refractivity contribution is 6.33. The van der Waals surface area contributed by atoms with Crippen molar-refractivity contribution in [3.8, 4) is 0 Å². The second-order valence-electron chi connectivity index (χ2n) is 5.45. The van der Waals surface area contributed by atoms with Crippen molar-refractivity contribution in [1.82, 2.24) is 5.32 Å². The number of carbonyl (C=O) groups is 2. The molecule has 0 spiro atoms. The summed E-state index contributed by atoms with van der Waals surface area (Å²) < 4.78 is 13.8. The number of rotatable bonds is 5. The van der Waals surface area contributed by atoms with Gasteiger partial charge in [0.15, 0.2) is 0 Å². The number of hydrogen-bond donors (Lipinski definition) is 1. The molecular formula is C18H17Cl2FN2O2. The molecule has 0 aromatic heterocycles. The lowest BCUT2D eigenvalue weighted by Crippen LogP contribution is -2.38. The van der Waals surface area contributed by atoms with Crippen molar-refractivity contribution >= 4 is 40.7 Å². The van der Waals surface area contributed by atoms with E-state index in [4.69, 9.17) is 23.2 Å². The second kappa shape index (κ2) is 8.32. The van der Waals surface area contributed by atoms with E-state index in [9.17, 15) is 14.0 Å². The van der Waals surface area contributed by atoms with E-state index < -0.39 is 11.7 Å². The van der Waals surface area contributed by atoms with Crippen LogP contribution < -0.4 is 10.2 Å². The summed E-state index contributed by atoms with van der Waals surface area (Å²) in [6, 6.07) is 9.27. The van der Waals surface area contributed by atoms with Gasteiger partial charge in [0.1, 0.15) is 5.82 Å². The summed E-state index contributed by atoms with van der Waals surface area (Å²) in [5, 5.41) is 3.12. The van der Waals surface area contributed by atoms with Crippen molar-refractivity contribution in [2.24, 2.45) is 0 Å². The molecule has 0 unspecified atom stereocenters. The third kappa shape index (κ3) is 4.71. The molecule has 0 aliphatic rings. The standard InChI is InChI=1S/C18H17Cl2FN2O2/c1-11-6-7-13(19)10-16(11)23(12(2)24)9-8-22-18(25)17-14(20)4-3-5-15(17)21/h3-7,10H,8-9H2,1-2H3,(H,22,25). The highest BCUT2D eigenvalue weighted by atomic mass is 35.5. The van der Waals surface area contributed by atoms with Crippen LogP contribution in [0.25, 0.3) is 0 Å². The van der Waals surface area contributed by atoms with Crippen LogP contribution in [-0.4, -0.2) is 24.9 Å². The maximum Gasteiger partial charge on any atom is 0.255 e. The molecule has 0 bridgehead atoms. The monoisotopic (exact) mass is 382 g/mol. The number of amides is 2. The van der Waals surface area contributed by atoms with Crippen LogP contribution >= 0.6 is 23.2 Å². The topological polar surface area (TPSA) is 49.4 Å². The maximum absolute atomic E-state index is 13.8. The van der Waals surface area contributed by atoms with Gasteiger partial charge in [-0.15, -0.1) is 0 Å².